The van der Waals surface area contributed by atoms with Crippen LogP contribution in [0.15, 0.2) is 71.6 Å². The van der Waals surface area contributed by atoms with Crippen LogP contribution in [0, 0.1) is 5.92 Å². The predicted octanol–water partition coefficient (Wildman–Crippen LogP) is 6.69. The topological polar surface area (TPSA) is 86.8 Å². The van der Waals surface area contributed by atoms with Crippen molar-refractivity contribution in [2.75, 3.05) is 17.4 Å². The van der Waals surface area contributed by atoms with Crippen molar-refractivity contribution in [2.24, 2.45) is 5.92 Å². The molecule has 40 heavy (non-hydrogen) atoms. The van der Waals surface area contributed by atoms with E-state index in [1.54, 1.807) is 43.3 Å². The molecular weight excluding hydrogens is 616 g/mol. The number of nitrogens with zero attached hydrogens (tertiary/aromatic N) is 2. The Kier molecular flexibility index (Phi) is 11.1. The zero-order chi connectivity index (χ0) is 29.6. The van der Waals surface area contributed by atoms with Crippen LogP contribution in [0.4, 0.5) is 5.69 Å². The number of anilines is 1. The lowest BCUT2D eigenvalue weighted by Gasteiger charge is -2.32. The Balaban J connectivity index is 2.06. The molecule has 12 heteroatoms. The zero-order valence-electron chi connectivity index (χ0n) is 22.1. The van der Waals surface area contributed by atoms with Crippen molar-refractivity contribution in [2.45, 2.75) is 38.3 Å². The maximum atomic E-state index is 13.9. The van der Waals surface area contributed by atoms with Gasteiger partial charge in [0.05, 0.1) is 30.7 Å². The number of hydrogen-bond donors (Lipinski definition) is 1. The van der Waals surface area contributed by atoms with Crippen LogP contribution in [0.3, 0.4) is 0 Å². The molecule has 0 saturated carbocycles. The summed E-state index contributed by atoms with van der Waals surface area (Å²) in [7, 11) is -4.27. The molecule has 0 aliphatic rings. The van der Waals surface area contributed by atoms with Gasteiger partial charge in [0.15, 0.2) is 0 Å². The minimum atomic E-state index is -4.27. The first-order valence-electron chi connectivity index (χ1n) is 12.4. The van der Waals surface area contributed by atoms with Gasteiger partial charge in [0.2, 0.25) is 11.8 Å². The number of nitrogens with one attached hydrogen (secondary N) is 1. The monoisotopic (exact) mass is 643 g/mol. The van der Waals surface area contributed by atoms with Crippen LogP contribution in [-0.2, 0) is 26.2 Å². The third kappa shape index (κ3) is 7.83. The van der Waals surface area contributed by atoms with Crippen LogP contribution in [0.25, 0.3) is 0 Å². The van der Waals surface area contributed by atoms with Gasteiger partial charge in [0.25, 0.3) is 10.0 Å². The molecule has 2 amide bonds. The molecule has 0 radical (unpaired) electrons. The van der Waals surface area contributed by atoms with Crippen molar-refractivity contribution < 1.29 is 18.0 Å². The molecule has 214 valence electrons. The van der Waals surface area contributed by atoms with E-state index in [4.69, 9.17) is 46.4 Å². The molecule has 0 bridgehead atoms. The van der Waals surface area contributed by atoms with Crippen molar-refractivity contribution >= 4 is 73.9 Å². The SMILES string of the molecule is CC(C)CNC(=O)[C@@H](C)N(Cc1ccc(Cl)c(Cl)c1)C(=O)CN(c1cccc(Cl)c1Cl)S(=O)(=O)c1ccccc1. The molecule has 0 aliphatic carbocycles. The van der Waals surface area contributed by atoms with Gasteiger partial charge in [-0.2, -0.15) is 0 Å². The first-order chi connectivity index (χ1) is 18.8. The maximum absolute atomic E-state index is 13.9. The minimum absolute atomic E-state index is 0.0257. The number of benzene rings is 3. The van der Waals surface area contributed by atoms with Gasteiger partial charge >= 0.3 is 0 Å². The van der Waals surface area contributed by atoms with Crippen molar-refractivity contribution in [1.29, 1.82) is 0 Å². The average molecular weight is 645 g/mol. The Hall–Kier alpha value is -2.49. The van der Waals surface area contributed by atoms with Crippen molar-refractivity contribution in [3.63, 3.8) is 0 Å². The lowest BCUT2D eigenvalue weighted by Crippen LogP contribution is -2.51. The van der Waals surface area contributed by atoms with E-state index in [-0.39, 0.29) is 44.0 Å². The van der Waals surface area contributed by atoms with Crippen LogP contribution < -0.4 is 9.62 Å². The summed E-state index contributed by atoms with van der Waals surface area (Å²) in [6.45, 7) is 5.20. The number of hydrogen-bond acceptors (Lipinski definition) is 4. The van der Waals surface area contributed by atoms with E-state index < -0.39 is 28.5 Å². The van der Waals surface area contributed by atoms with Gasteiger partial charge in [0.1, 0.15) is 12.6 Å². The zero-order valence-corrected chi connectivity index (χ0v) is 25.9. The molecule has 3 aromatic carbocycles. The molecule has 0 heterocycles. The second kappa shape index (κ2) is 13.9. The molecule has 3 aromatic rings. The Morgan fingerprint density at radius 1 is 0.850 bits per heavy atom. The highest BCUT2D eigenvalue weighted by molar-refractivity contribution is 7.92. The first-order valence-corrected chi connectivity index (χ1v) is 15.3. The summed E-state index contributed by atoms with van der Waals surface area (Å²) in [4.78, 5) is 28.3. The van der Waals surface area contributed by atoms with Crippen LogP contribution in [-0.4, -0.2) is 44.3 Å². The summed E-state index contributed by atoms with van der Waals surface area (Å²) in [5.41, 5.74) is 0.627. The molecule has 0 unspecified atom stereocenters. The van der Waals surface area contributed by atoms with E-state index in [2.05, 4.69) is 5.32 Å². The van der Waals surface area contributed by atoms with Crippen molar-refractivity contribution in [3.8, 4) is 0 Å². The molecule has 3 rings (SSSR count). The van der Waals surface area contributed by atoms with Crippen molar-refractivity contribution in [1.82, 2.24) is 10.2 Å². The molecule has 7 nitrogen and oxygen atoms in total. The van der Waals surface area contributed by atoms with Crippen LogP contribution in [0.1, 0.15) is 26.3 Å². The molecule has 0 fully saturated rings. The number of rotatable bonds is 11. The van der Waals surface area contributed by atoms with Gasteiger partial charge in [0, 0.05) is 13.1 Å². The van der Waals surface area contributed by atoms with E-state index >= 15 is 0 Å². The molecule has 1 N–H and O–H groups in total. The lowest BCUT2D eigenvalue weighted by atomic mass is 10.1. The quantitative estimate of drug-likeness (QED) is 0.252. The van der Waals surface area contributed by atoms with Crippen LogP contribution >= 0.6 is 46.4 Å². The Labute approximate surface area is 255 Å². The predicted molar refractivity (Wildman–Crippen MR) is 162 cm³/mol. The van der Waals surface area contributed by atoms with Gasteiger partial charge in [-0.15, -0.1) is 0 Å². The molecule has 0 aromatic heterocycles. The fourth-order valence-electron chi connectivity index (χ4n) is 3.79. The Bertz CT molecular complexity index is 1470. The maximum Gasteiger partial charge on any atom is 0.264 e. The highest BCUT2D eigenvalue weighted by atomic mass is 35.5. The van der Waals surface area contributed by atoms with Gasteiger partial charge in [-0.1, -0.05) is 90.6 Å². The summed E-state index contributed by atoms with van der Waals surface area (Å²) in [6.07, 6.45) is 0. The second-order valence-electron chi connectivity index (χ2n) is 9.48. The highest BCUT2D eigenvalue weighted by Crippen LogP contribution is 2.35. The number of halogens is 4. The Morgan fingerprint density at radius 3 is 2.15 bits per heavy atom. The number of amides is 2. The van der Waals surface area contributed by atoms with E-state index in [9.17, 15) is 18.0 Å². The fourth-order valence-corrected chi connectivity index (χ4v) is 6.00. The number of carbonyl (C=O) groups is 2. The van der Waals surface area contributed by atoms with E-state index in [1.165, 1.54) is 35.2 Å². The standard InChI is InChI=1S/C28H29Cl4N3O4S/c1-18(2)15-33-28(37)19(3)34(16-20-12-13-22(29)24(31)14-20)26(36)17-35(25-11-7-10-23(30)27(25)32)40(38,39)21-8-5-4-6-9-21/h4-14,18-19H,15-17H2,1-3H3,(H,33,37)/t19-/m1/s1. The second-order valence-corrected chi connectivity index (χ2v) is 12.9. The third-order valence-corrected chi connectivity index (χ3v) is 9.32. The van der Waals surface area contributed by atoms with E-state index in [0.29, 0.717) is 17.1 Å². The molecule has 0 aliphatic heterocycles. The molecule has 1 atom stereocenters. The summed E-state index contributed by atoms with van der Waals surface area (Å²) < 4.78 is 28.5. The summed E-state index contributed by atoms with van der Waals surface area (Å²) in [5, 5.41) is 3.53. The normalized spacial score (nSPS) is 12.2. The molecule has 0 saturated heterocycles. The minimum Gasteiger partial charge on any atom is -0.354 e. The highest BCUT2D eigenvalue weighted by Gasteiger charge is 2.33. The molecule has 0 spiro atoms. The summed E-state index contributed by atoms with van der Waals surface area (Å²) >= 11 is 24.9. The van der Waals surface area contributed by atoms with Crippen LogP contribution in [0.2, 0.25) is 20.1 Å². The summed E-state index contributed by atoms with van der Waals surface area (Å²) in [6, 6.07) is 16.1. The number of carbonyl (C=O) groups excluding carboxylic acids is 2. The van der Waals surface area contributed by atoms with Gasteiger partial charge in [-0.05, 0) is 54.8 Å². The average Bonchev–Trinajstić information content (AvgIpc) is 2.92. The lowest BCUT2D eigenvalue weighted by molar-refractivity contribution is -0.139. The first kappa shape index (κ1) is 32.0. The largest absolute Gasteiger partial charge is 0.354 e. The molecular formula is C28H29Cl4N3O4S. The van der Waals surface area contributed by atoms with Gasteiger partial charge in [-0.25, -0.2) is 8.42 Å². The van der Waals surface area contributed by atoms with E-state index in [1.807, 2.05) is 13.8 Å². The van der Waals surface area contributed by atoms with E-state index in [0.717, 1.165) is 4.31 Å². The third-order valence-electron chi connectivity index (χ3n) is 6.00. The number of sulfonamides is 1. The van der Waals surface area contributed by atoms with Crippen LogP contribution in [0.5, 0.6) is 0 Å². The van der Waals surface area contributed by atoms with Crippen molar-refractivity contribution in [3.05, 3.63) is 92.4 Å². The van der Waals surface area contributed by atoms with Gasteiger partial charge in [-0.3, -0.25) is 13.9 Å². The Morgan fingerprint density at radius 2 is 1.52 bits per heavy atom. The smallest absolute Gasteiger partial charge is 0.264 e. The summed E-state index contributed by atoms with van der Waals surface area (Å²) in [5.74, 6) is -0.846. The van der Waals surface area contributed by atoms with Gasteiger partial charge < -0.3 is 10.2 Å². The fraction of sp³-hybridized carbons (Fsp3) is 0.286.